The molecule has 4 nitrogen and oxygen atoms in total. The fraction of sp³-hybridized carbons (Fsp3) is 0.417. The van der Waals surface area contributed by atoms with Crippen molar-refractivity contribution in [2.75, 3.05) is 0 Å². The van der Waals surface area contributed by atoms with Gasteiger partial charge in [0.25, 0.3) is 0 Å². The van der Waals surface area contributed by atoms with Crippen molar-refractivity contribution in [1.29, 1.82) is 0 Å². The molecular weight excluding hydrogens is 419 g/mol. The molecule has 0 saturated heterocycles. The summed E-state index contributed by atoms with van der Waals surface area (Å²) < 4.78 is 0. The van der Waals surface area contributed by atoms with Gasteiger partial charge in [-0.3, -0.25) is 9.59 Å². The van der Waals surface area contributed by atoms with Gasteiger partial charge in [0.1, 0.15) is 6.04 Å². The van der Waals surface area contributed by atoms with Gasteiger partial charge in [0.15, 0.2) is 0 Å². The molecule has 0 heterocycles. The molecule has 0 fully saturated rings. The van der Waals surface area contributed by atoms with Crippen LogP contribution in [0.2, 0.25) is 10.0 Å². The van der Waals surface area contributed by atoms with Crippen molar-refractivity contribution in [3.05, 3.63) is 69.2 Å². The van der Waals surface area contributed by atoms with Gasteiger partial charge in [-0.15, -0.1) is 0 Å². The first-order valence-electron chi connectivity index (χ1n) is 10.1. The van der Waals surface area contributed by atoms with Gasteiger partial charge in [0.05, 0.1) is 6.42 Å². The summed E-state index contributed by atoms with van der Waals surface area (Å²) in [6.45, 7) is 9.90. The van der Waals surface area contributed by atoms with Crippen molar-refractivity contribution in [3.8, 4) is 0 Å². The van der Waals surface area contributed by atoms with Crippen LogP contribution < -0.4 is 5.32 Å². The highest BCUT2D eigenvalue weighted by molar-refractivity contribution is 6.35. The summed E-state index contributed by atoms with van der Waals surface area (Å²) in [5, 5.41) is 4.00. The quantitative estimate of drug-likeness (QED) is 0.601. The fourth-order valence-corrected chi connectivity index (χ4v) is 3.77. The van der Waals surface area contributed by atoms with Crippen molar-refractivity contribution in [3.63, 3.8) is 0 Å². The largest absolute Gasteiger partial charge is 0.350 e. The maximum atomic E-state index is 13.4. The van der Waals surface area contributed by atoms with E-state index in [1.807, 2.05) is 58.9 Å². The number of carbonyl (C=O) groups is 2. The second kappa shape index (κ2) is 10.3. The molecule has 1 atom stereocenters. The van der Waals surface area contributed by atoms with Crippen LogP contribution in [0.1, 0.15) is 50.8 Å². The standard InChI is InChI=1S/C24H30Cl2N2O2/c1-6-21(23(30)27-24(3,4)5)28(15-18-10-11-19(25)14-20(18)26)22(29)13-17-9-7-8-16(2)12-17/h7-12,14,21H,6,13,15H2,1-5H3,(H,27,30)/t21-/m0/s1. The van der Waals surface area contributed by atoms with E-state index < -0.39 is 11.6 Å². The number of nitrogens with one attached hydrogen (secondary N) is 1. The summed E-state index contributed by atoms with van der Waals surface area (Å²) in [5.74, 6) is -0.296. The van der Waals surface area contributed by atoms with Crippen LogP contribution in [-0.2, 0) is 22.6 Å². The highest BCUT2D eigenvalue weighted by atomic mass is 35.5. The second-order valence-corrected chi connectivity index (χ2v) is 9.43. The van der Waals surface area contributed by atoms with E-state index in [9.17, 15) is 9.59 Å². The summed E-state index contributed by atoms with van der Waals surface area (Å²) in [5.41, 5.74) is 2.36. The van der Waals surface area contributed by atoms with E-state index >= 15 is 0 Å². The molecule has 0 aromatic heterocycles. The van der Waals surface area contributed by atoms with Gasteiger partial charge in [0, 0.05) is 22.1 Å². The van der Waals surface area contributed by atoms with E-state index in [1.165, 1.54) is 0 Å². The Morgan fingerprint density at radius 3 is 2.37 bits per heavy atom. The van der Waals surface area contributed by atoms with Gasteiger partial charge in [0.2, 0.25) is 11.8 Å². The van der Waals surface area contributed by atoms with Gasteiger partial charge >= 0.3 is 0 Å². The topological polar surface area (TPSA) is 49.4 Å². The zero-order valence-electron chi connectivity index (χ0n) is 18.3. The first kappa shape index (κ1) is 24.2. The summed E-state index contributed by atoms with van der Waals surface area (Å²) in [7, 11) is 0. The molecule has 2 amide bonds. The minimum absolute atomic E-state index is 0.123. The number of halogens is 2. The van der Waals surface area contributed by atoms with Gasteiger partial charge in [-0.1, -0.05) is 66.0 Å². The Bertz CT molecular complexity index is 906. The Morgan fingerprint density at radius 1 is 1.10 bits per heavy atom. The van der Waals surface area contributed by atoms with Gasteiger partial charge in [-0.2, -0.15) is 0 Å². The average molecular weight is 449 g/mol. The number of nitrogens with zero attached hydrogens (tertiary/aromatic N) is 1. The number of rotatable bonds is 7. The van der Waals surface area contributed by atoms with Gasteiger partial charge in [-0.05, 0) is 57.4 Å². The molecule has 6 heteroatoms. The summed E-state index contributed by atoms with van der Waals surface area (Å²) >= 11 is 12.4. The highest BCUT2D eigenvalue weighted by Crippen LogP contribution is 2.24. The lowest BCUT2D eigenvalue weighted by atomic mass is 10.0. The Hall–Kier alpha value is -2.04. The van der Waals surface area contributed by atoms with Gasteiger partial charge < -0.3 is 10.2 Å². The molecule has 0 aliphatic carbocycles. The Morgan fingerprint density at radius 2 is 1.80 bits per heavy atom. The first-order valence-corrected chi connectivity index (χ1v) is 10.9. The SMILES string of the molecule is CC[C@@H](C(=O)NC(C)(C)C)N(Cc1ccc(Cl)cc1Cl)C(=O)Cc1cccc(C)c1. The molecule has 0 bridgehead atoms. The number of carbonyl (C=O) groups excluding carboxylic acids is 2. The number of benzene rings is 2. The summed E-state index contributed by atoms with van der Waals surface area (Å²) in [6.07, 6.45) is 0.707. The third-order valence-corrected chi connectivity index (χ3v) is 5.26. The molecule has 2 aromatic carbocycles. The molecule has 0 spiro atoms. The third-order valence-electron chi connectivity index (χ3n) is 4.68. The highest BCUT2D eigenvalue weighted by Gasteiger charge is 2.31. The van der Waals surface area contributed by atoms with E-state index in [0.717, 1.165) is 16.7 Å². The van der Waals surface area contributed by atoms with Crippen LogP contribution in [0.3, 0.4) is 0 Å². The molecule has 0 radical (unpaired) electrons. The Kier molecular flexibility index (Phi) is 8.34. The number of hydrogen-bond donors (Lipinski definition) is 1. The van der Waals surface area contributed by atoms with Crippen LogP contribution in [0.15, 0.2) is 42.5 Å². The van der Waals surface area contributed by atoms with Crippen LogP contribution >= 0.6 is 23.2 Å². The van der Waals surface area contributed by atoms with Crippen LogP contribution in [0.5, 0.6) is 0 Å². The van der Waals surface area contributed by atoms with Crippen LogP contribution in [0.4, 0.5) is 0 Å². The minimum Gasteiger partial charge on any atom is -0.350 e. The fourth-order valence-electron chi connectivity index (χ4n) is 3.30. The zero-order valence-corrected chi connectivity index (χ0v) is 19.8. The zero-order chi connectivity index (χ0) is 22.5. The number of hydrogen-bond acceptors (Lipinski definition) is 2. The van der Waals surface area contributed by atoms with Crippen molar-refractivity contribution >= 4 is 35.0 Å². The third kappa shape index (κ3) is 7.03. The van der Waals surface area contributed by atoms with Crippen molar-refractivity contribution in [1.82, 2.24) is 10.2 Å². The summed E-state index contributed by atoms with van der Waals surface area (Å²) in [6, 6.07) is 12.4. The van der Waals surface area contributed by atoms with Crippen molar-refractivity contribution < 1.29 is 9.59 Å². The molecule has 0 aliphatic heterocycles. The van der Waals surface area contributed by atoms with Crippen molar-refractivity contribution in [2.45, 2.75) is 65.6 Å². The maximum Gasteiger partial charge on any atom is 0.243 e. The predicted molar refractivity (Wildman–Crippen MR) is 124 cm³/mol. The number of aryl methyl sites for hydroxylation is 1. The molecule has 162 valence electrons. The minimum atomic E-state index is -0.603. The van der Waals surface area contributed by atoms with Crippen molar-refractivity contribution in [2.24, 2.45) is 0 Å². The van der Waals surface area contributed by atoms with E-state index in [-0.39, 0.29) is 24.8 Å². The second-order valence-electron chi connectivity index (χ2n) is 8.59. The predicted octanol–water partition coefficient (Wildman–Crippen LogP) is 5.57. The van der Waals surface area contributed by atoms with Crippen LogP contribution in [-0.4, -0.2) is 28.3 Å². The molecule has 2 rings (SSSR count). The normalized spacial score (nSPS) is 12.4. The maximum absolute atomic E-state index is 13.4. The molecule has 30 heavy (non-hydrogen) atoms. The monoisotopic (exact) mass is 448 g/mol. The lowest BCUT2D eigenvalue weighted by Crippen LogP contribution is -2.53. The van der Waals surface area contributed by atoms with E-state index in [1.54, 1.807) is 23.1 Å². The van der Waals surface area contributed by atoms with E-state index in [2.05, 4.69) is 5.32 Å². The van der Waals surface area contributed by atoms with E-state index in [4.69, 9.17) is 23.2 Å². The Balaban J connectivity index is 2.36. The molecule has 2 aromatic rings. The first-order chi connectivity index (χ1) is 14.0. The van der Waals surface area contributed by atoms with Crippen LogP contribution in [0.25, 0.3) is 0 Å². The molecule has 0 aliphatic rings. The van der Waals surface area contributed by atoms with Crippen LogP contribution in [0, 0.1) is 6.92 Å². The lowest BCUT2D eigenvalue weighted by Gasteiger charge is -2.33. The average Bonchev–Trinajstić information content (AvgIpc) is 2.61. The smallest absolute Gasteiger partial charge is 0.243 e. The van der Waals surface area contributed by atoms with E-state index in [0.29, 0.717) is 16.5 Å². The molecular formula is C24H30Cl2N2O2. The summed E-state index contributed by atoms with van der Waals surface area (Å²) in [4.78, 5) is 28.0. The van der Waals surface area contributed by atoms with Gasteiger partial charge in [-0.25, -0.2) is 0 Å². The molecule has 0 saturated carbocycles. The number of amides is 2. The molecule has 1 N–H and O–H groups in total. The lowest BCUT2D eigenvalue weighted by molar-refractivity contribution is -0.141. The molecule has 0 unspecified atom stereocenters. The Labute approximate surface area is 189 Å².